The van der Waals surface area contributed by atoms with Crippen LogP contribution in [0.5, 0.6) is 5.75 Å². The molecule has 0 spiro atoms. The van der Waals surface area contributed by atoms with Crippen molar-refractivity contribution in [2.45, 2.75) is 39.3 Å². The number of fused-ring (bicyclic) bond motifs is 1. The van der Waals surface area contributed by atoms with Crippen molar-refractivity contribution in [3.8, 4) is 5.75 Å². The van der Waals surface area contributed by atoms with Crippen LogP contribution in [0, 0.1) is 6.92 Å². The molecule has 1 aromatic carbocycles. The Hall–Kier alpha value is -2.01. The zero-order valence-corrected chi connectivity index (χ0v) is 13.0. The molecule has 3 rings (SSSR count). The Morgan fingerprint density at radius 1 is 1.50 bits per heavy atom. The summed E-state index contributed by atoms with van der Waals surface area (Å²) in [7, 11) is 0. The average molecular weight is 303 g/mol. The summed E-state index contributed by atoms with van der Waals surface area (Å²) >= 11 is 0. The van der Waals surface area contributed by atoms with E-state index in [1.807, 2.05) is 13.0 Å². The van der Waals surface area contributed by atoms with Gasteiger partial charge in [-0.1, -0.05) is 0 Å². The highest BCUT2D eigenvalue weighted by atomic mass is 16.5. The van der Waals surface area contributed by atoms with Crippen molar-refractivity contribution in [3.63, 3.8) is 0 Å². The van der Waals surface area contributed by atoms with Crippen LogP contribution >= 0.6 is 0 Å². The molecule has 5 nitrogen and oxygen atoms in total. The molecule has 0 radical (unpaired) electrons. The van der Waals surface area contributed by atoms with Crippen molar-refractivity contribution in [2.75, 3.05) is 13.2 Å². The summed E-state index contributed by atoms with van der Waals surface area (Å²) in [4.78, 5) is 12.3. The van der Waals surface area contributed by atoms with E-state index < -0.39 is 0 Å². The Morgan fingerprint density at radius 2 is 2.32 bits per heavy atom. The van der Waals surface area contributed by atoms with Gasteiger partial charge in [-0.15, -0.1) is 0 Å². The molecule has 0 saturated carbocycles. The zero-order valence-electron chi connectivity index (χ0n) is 13.0. The van der Waals surface area contributed by atoms with Crippen LogP contribution in [0.3, 0.4) is 0 Å². The maximum Gasteiger partial charge on any atom is 0.340 e. The number of aromatic hydroxyl groups is 1. The van der Waals surface area contributed by atoms with Crippen LogP contribution in [0.15, 0.2) is 18.2 Å². The van der Waals surface area contributed by atoms with Gasteiger partial charge in [0.05, 0.1) is 18.3 Å². The van der Waals surface area contributed by atoms with E-state index in [0.717, 1.165) is 36.0 Å². The third-order valence-corrected chi connectivity index (χ3v) is 4.20. The first-order chi connectivity index (χ1) is 10.6. The number of aromatic nitrogens is 1. The number of nitrogens with zero attached hydrogens (tertiary/aromatic N) is 1. The summed E-state index contributed by atoms with van der Waals surface area (Å²) in [6.07, 6.45) is 2.29. The van der Waals surface area contributed by atoms with Gasteiger partial charge >= 0.3 is 5.97 Å². The largest absolute Gasteiger partial charge is 0.508 e. The lowest BCUT2D eigenvalue weighted by molar-refractivity contribution is 0.0526. The number of rotatable bonds is 4. The monoisotopic (exact) mass is 303 g/mol. The quantitative estimate of drug-likeness (QED) is 0.882. The molecular weight excluding hydrogens is 282 g/mol. The number of ether oxygens (including phenoxy) is 2. The SMILES string of the molecule is CCOC(=O)c1c(C)n(C[C@H]2CCCO2)c2ccc(O)cc12. The molecule has 1 aromatic heterocycles. The second-order valence-electron chi connectivity index (χ2n) is 5.63. The first kappa shape index (κ1) is 14.9. The van der Waals surface area contributed by atoms with Gasteiger partial charge in [-0.3, -0.25) is 0 Å². The van der Waals surface area contributed by atoms with Gasteiger partial charge in [0.2, 0.25) is 0 Å². The summed E-state index contributed by atoms with van der Waals surface area (Å²) in [5.41, 5.74) is 2.31. The van der Waals surface area contributed by atoms with Gasteiger partial charge in [0.25, 0.3) is 0 Å². The maximum atomic E-state index is 12.3. The molecule has 1 aliphatic rings. The summed E-state index contributed by atoms with van der Waals surface area (Å²) in [6.45, 7) is 5.55. The molecule has 1 aliphatic heterocycles. The van der Waals surface area contributed by atoms with Crippen molar-refractivity contribution in [3.05, 3.63) is 29.5 Å². The van der Waals surface area contributed by atoms with E-state index in [1.54, 1.807) is 19.1 Å². The molecule has 118 valence electrons. The number of phenolic OH excluding ortho intramolecular Hbond substituents is 1. The van der Waals surface area contributed by atoms with E-state index in [0.29, 0.717) is 18.7 Å². The molecule has 5 heteroatoms. The molecule has 1 N–H and O–H groups in total. The number of carbonyl (C=O) groups excluding carboxylic acids is 1. The molecule has 2 aromatic rings. The Balaban J connectivity index is 2.10. The minimum Gasteiger partial charge on any atom is -0.508 e. The average Bonchev–Trinajstić information content (AvgIpc) is 3.07. The first-order valence-electron chi connectivity index (χ1n) is 7.72. The van der Waals surface area contributed by atoms with Crippen LogP contribution in [-0.2, 0) is 16.0 Å². The highest BCUT2D eigenvalue weighted by molar-refractivity contribution is 6.06. The van der Waals surface area contributed by atoms with E-state index in [9.17, 15) is 9.90 Å². The van der Waals surface area contributed by atoms with Gasteiger partial charge in [0.1, 0.15) is 5.75 Å². The van der Waals surface area contributed by atoms with E-state index in [1.165, 1.54) is 0 Å². The predicted molar refractivity (Wildman–Crippen MR) is 83.3 cm³/mol. The Labute approximate surface area is 129 Å². The maximum absolute atomic E-state index is 12.3. The summed E-state index contributed by atoms with van der Waals surface area (Å²) in [6, 6.07) is 5.11. The van der Waals surface area contributed by atoms with E-state index in [2.05, 4.69) is 4.57 Å². The van der Waals surface area contributed by atoms with Crippen LogP contribution in [0.2, 0.25) is 0 Å². The van der Waals surface area contributed by atoms with E-state index in [-0.39, 0.29) is 17.8 Å². The lowest BCUT2D eigenvalue weighted by atomic mass is 10.1. The normalized spacial score (nSPS) is 18.0. The molecule has 0 bridgehead atoms. The number of esters is 1. The minimum absolute atomic E-state index is 0.146. The van der Waals surface area contributed by atoms with Crippen LogP contribution in [0.25, 0.3) is 10.9 Å². The Kier molecular flexibility index (Phi) is 4.07. The number of phenols is 1. The summed E-state index contributed by atoms with van der Waals surface area (Å²) in [5.74, 6) is -0.200. The van der Waals surface area contributed by atoms with E-state index in [4.69, 9.17) is 9.47 Å². The molecule has 1 fully saturated rings. The number of hydrogen-bond acceptors (Lipinski definition) is 4. The molecule has 0 unspecified atom stereocenters. The molecule has 0 amide bonds. The summed E-state index contributed by atoms with van der Waals surface area (Å²) < 4.78 is 13.0. The van der Waals surface area contributed by atoms with Crippen molar-refractivity contribution in [1.82, 2.24) is 4.57 Å². The molecule has 22 heavy (non-hydrogen) atoms. The van der Waals surface area contributed by atoms with Crippen LogP contribution in [0.4, 0.5) is 0 Å². The van der Waals surface area contributed by atoms with Crippen molar-refractivity contribution < 1.29 is 19.4 Å². The molecule has 2 heterocycles. The van der Waals surface area contributed by atoms with Gasteiger partial charge in [-0.05, 0) is 44.9 Å². The van der Waals surface area contributed by atoms with Gasteiger partial charge < -0.3 is 19.1 Å². The predicted octanol–water partition coefficient (Wildman–Crippen LogP) is 3.01. The first-order valence-corrected chi connectivity index (χ1v) is 7.72. The van der Waals surface area contributed by atoms with Crippen LogP contribution in [-0.4, -0.2) is 35.0 Å². The Morgan fingerprint density at radius 3 is 3.00 bits per heavy atom. The van der Waals surface area contributed by atoms with Crippen molar-refractivity contribution >= 4 is 16.9 Å². The minimum atomic E-state index is -0.346. The highest BCUT2D eigenvalue weighted by Gasteiger charge is 2.24. The lowest BCUT2D eigenvalue weighted by Crippen LogP contribution is -2.16. The van der Waals surface area contributed by atoms with Crippen molar-refractivity contribution in [1.29, 1.82) is 0 Å². The third kappa shape index (κ3) is 2.57. The second-order valence-corrected chi connectivity index (χ2v) is 5.63. The molecular formula is C17H21NO4. The fraction of sp³-hybridized carbons (Fsp3) is 0.471. The van der Waals surface area contributed by atoms with Gasteiger partial charge in [0.15, 0.2) is 0 Å². The van der Waals surface area contributed by atoms with Gasteiger partial charge in [-0.25, -0.2) is 4.79 Å². The summed E-state index contributed by atoms with van der Waals surface area (Å²) in [5, 5.41) is 10.5. The van der Waals surface area contributed by atoms with Crippen molar-refractivity contribution in [2.24, 2.45) is 0 Å². The number of carbonyl (C=O) groups is 1. The van der Waals surface area contributed by atoms with Crippen LogP contribution in [0.1, 0.15) is 35.8 Å². The molecule has 1 saturated heterocycles. The Bertz CT molecular complexity index is 698. The molecule has 0 aliphatic carbocycles. The zero-order chi connectivity index (χ0) is 15.7. The second kappa shape index (κ2) is 6.01. The fourth-order valence-corrected chi connectivity index (χ4v) is 3.16. The fourth-order valence-electron chi connectivity index (χ4n) is 3.16. The van der Waals surface area contributed by atoms with E-state index >= 15 is 0 Å². The smallest absolute Gasteiger partial charge is 0.340 e. The lowest BCUT2D eigenvalue weighted by Gasteiger charge is -2.14. The highest BCUT2D eigenvalue weighted by Crippen LogP contribution is 2.31. The number of hydrogen-bond donors (Lipinski definition) is 1. The number of benzene rings is 1. The van der Waals surface area contributed by atoms with Gasteiger partial charge in [0, 0.05) is 29.7 Å². The standard InChI is InChI=1S/C17H21NO4/c1-3-21-17(20)16-11(2)18(10-13-5-4-8-22-13)15-7-6-12(19)9-14(15)16/h6-7,9,13,19H,3-5,8,10H2,1-2H3/t13-/m1/s1. The molecule has 1 atom stereocenters. The topological polar surface area (TPSA) is 60.7 Å². The van der Waals surface area contributed by atoms with Gasteiger partial charge in [-0.2, -0.15) is 0 Å². The third-order valence-electron chi connectivity index (χ3n) is 4.20. The van der Waals surface area contributed by atoms with Crippen LogP contribution < -0.4 is 0 Å².